The number of aliphatic hydroxyl groups is 2. The summed E-state index contributed by atoms with van der Waals surface area (Å²) in [7, 11) is 0. The smallest absolute Gasteiger partial charge is 0.210 e. The lowest BCUT2D eigenvalue weighted by molar-refractivity contribution is -0.171. The molecule has 3 heterocycles. The van der Waals surface area contributed by atoms with Crippen molar-refractivity contribution in [2.45, 2.75) is 153 Å². The highest BCUT2D eigenvalue weighted by Gasteiger charge is 2.55. The first kappa shape index (κ1) is 33.1. The summed E-state index contributed by atoms with van der Waals surface area (Å²) in [5, 5.41) is 21.7. The van der Waals surface area contributed by atoms with Gasteiger partial charge in [0.05, 0.1) is 12.4 Å². The van der Waals surface area contributed by atoms with E-state index in [1.807, 2.05) is 6.92 Å². The number of hydrogen-bond acceptors (Lipinski definition) is 9. The molecule has 0 amide bonds. The number of aliphatic hydroxyl groups excluding tert-OH is 2. The fourth-order valence-corrected chi connectivity index (χ4v) is 5.79. The number of hydrogen-bond donors (Lipinski definition) is 3. The molecule has 1 saturated heterocycles. The van der Waals surface area contributed by atoms with Crippen LogP contribution in [-0.4, -0.2) is 59.6 Å². The van der Waals surface area contributed by atoms with Crippen molar-refractivity contribution >= 4 is 28.5 Å². The maximum atomic E-state index is 13.8. The summed E-state index contributed by atoms with van der Waals surface area (Å²) < 4.78 is 7.68. The average Bonchev–Trinajstić information content (AvgIpc) is 3.56. The Balaban J connectivity index is 1.58. The molecule has 1 aliphatic rings. The van der Waals surface area contributed by atoms with Crippen molar-refractivity contribution in [3.05, 3.63) is 12.7 Å². The van der Waals surface area contributed by atoms with E-state index in [4.69, 9.17) is 10.5 Å². The van der Waals surface area contributed by atoms with Crippen molar-refractivity contribution in [3.63, 3.8) is 0 Å². The Kier molecular flexibility index (Phi) is 13.6. The summed E-state index contributed by atoms with van der Waals surface area (Å²) in [5.74, 6) is -0.484. The molecule has 0 saturated carbocycles. The number of carbonyl (C=O) groups is 2. The van der Waals surface area contributed by atoms with Gasteiger partial charge in [0.1, 0.15) is 24.1 Å². The molecule has 41 heavy (non-hydrogen) atoms. The molecule has 10 heteroatoms. The van der Waals surface area contributed by atoms with Gasteiger partial charge >= 0.3 is 0 Å². The van der Waals surface area contributed by atoms with Crippen LogP contribution in [0.5, 0.6) is 0 Å². The minimum atomic E-state index is -1.65. The molecular formula is C31H51N5O5. The standard InChI is InChI=1S/C31H51N5O5/c1-3-5-7-8-9-10-11-12-13-14-15-16-17-19-25(39)31(36-22-35-26-29(32)33-21-34-30(26)36)20-24(38)28(41-31)27(40)23(37)18-6-4-2/h21-22,24,27-28,38,40H,3-20H2,1-2H3,(H2,32,33,34)/t24-,27?,28-,31-/m0/s1. The number of imidazole rings is 1. The van der Waals surface area contributed by atoms with Crippen LogP contribution in [0.2, 0.25) is 0 Å². The Bertz CT molecular complexity index is 1090. The van der Waals surface area contributed by atoms with Gasteiger partial charge in [-0.25, -0.2) is 15.0 Å². The quantitative estimate of drug-likeness (QED) is 0.167. The largest absolute Gasteiger partial charge is 0.390 e. The highest BCUT2D eigenvalue weighted by atomic mass is 16.6. The number of rotatable bonds is 21. The van der Waals surface area contributed by atoms with Gasteiger partial charge in [-0.3, -0.25) is 14.2 Å². The number of anilines is 1. The third kappa shape index (κ3) is 8.78. The van der Waals surface area contributed by atoms with Gasteiger partial charge in [-0.1, -0.05) is 97.3 Å². The first-order valence-electron chi connectivity index (χ1n) is 15.9. The molecule has 0 bridgehead atoms. The van der Waals surface area contributed by atoms with E-state index >= 15 is 0 Å². The highest BCUT2D eigenvalue weighted by molar-refractivity contribution is 5.89. The van der Waals surface area contributed by atoms with Crippen molar-refractivity contribution < 1.29 is 24.5 Å². The number of fused-ring (bicyclic) bond motifs is 1. The molecule has 4 atom stereocenters. The van der Waals surface area contributed by atoms with Crippen molar-refractivity contribution in [3.8, 4) is 0 Å². The van der Waals surface area contributed by atoms with Gasteiger partial charge in [0.25, 0.3) is 0 Å². The number of unbranched alkanes of at least 4 members (excludes halogenated alkanes) is 13. The van der Waals surface area contributed by atoms with Crippen molar-refractivity contribution in [1.82, 2.24) is 19.5 Å². The van der Waals surface area contributed by atoms with Gasteiger partial charge in [0.15, 0.2) is 23.0 Å². The Labute approximate surface area is 244 Å². The maximum Gasteiger partial charge on any atom is 0.210 e. The average molecular weight is 574 g/mol. The number of nitrogens with zero attached hydrogens (tertiary/aromatic N) is 4. The fourth-order valence-electron chi connectivity index (χ4n) is 5.79. The monoisotopic (exact) mass is 573 g/mol. The molecule has 230 valence electrons. The van der Waals surface area contributed by atoms with Gasteiger partial charge in [0.2, 0.25) is 5.72 Å². The number of ketones is 2. The third-order valence-electron chi connectivity index (χ3n) is 8.31. The second kappa shape index (κ2) is 16.9. The van der Waals surface area contributed by atoms with Gasteiger partial charge in [-0.2, -0.15) is 0 Å². The Hall–Kier alpha value is -2.43. The van der Waals surface area contributed by atoms with Crippen LogP contribution in [0.3, 0.4) is 0 Å². The maximum absolute atomic E-state index is 13.8. The van der Waals surface area contributed by atoms with E-state index in [0.717, 1.165) is 25.7 Å². The molecule has 0 radical (unpaired) electrons. The van der Waals surface area contributed by atoms with Crippen LogP contribution in [0.25, 0.3) is 11.2 Å². The second-order valence-electron chi connectivity index (χ2n) is 11.6. The Morgan fingerprint density at radius 1 is 0.927 bits per heavy atom. The number of ether oxygens (including phenoxy) is 1. The van der Waals surface area contributed by atoms with Gasteiger partial charge in [-0.15, -0.1) is 0 Å². The zero-order valence-corrected chi connectivity index (χ0v) is 25.1. The van der Waals surface area contributed by atoms with Crippen molar-refractivity contribution in [1.29, 1.82) is 0 Å². The summed E-state index contributed by atoms with van der Waals surface area (Å²) in [4.78, 5) is 39.0. The fraction of sp³-hybridized carbons (Fsp3) is 0.774. The summed E-state index contributed by atoms with van der Waals surface area (Å²) in [6, 6.07) is 0. The van der Waals surface area contributed by atoms with E-state index in [1.54, 1.807) is 0 Å². The van der Waals surface area contributed by atoms with Crippen LogP contribution in [-0.2, 0) is 20.1 Å². The molecule has 2 aromatic rings. The van der Waals surface area contributed by atoms with Crippen LogP contribution in [0.15, 0.2) is 12.7 Å². The number of aromatic nitrogens is 4. The van der Waals surface area contributed by atoms with Crippen LogP contribution in [0.4, 0.5) is 5.82 Å². The molecule has 4 N–H and O–H groups in total. The van der Waals surface area contributed by atoms with Crippen molar-refractivity contribution in [2.75, 3.05) is 5.73 Å². The van der Waals surface area contributed by atoms with E-state index in [9.17, 15) is 19.8 Å². The van der Waals surface area contributed by atoms with Gasteiger partial charge < -0.3 is 20.7 Å². The van der Waals surface area contributed by atoms with E-state index in [2.05, 4.69) is 21.9 Å². The number of Topliss-reactive ketones (excluding diaryl/α,β-unsaturated/α-hetero) is 2. The van der Waals surface area contributed by atoms with Crippen LogP contribution in [0, 0.1) is 0 Å². The SMILES string of the molecule is CCCCCCCCCCCCCCCC(=O)[C@]1(n2cnc3c(N)ncnc32)C[C@H](O)[C@@H](C(O)C(=O)CCCC)O1. The predicted molar refractivity (Wildman–Crippen MR) is 159 cm³/mol. The number of carbonyl (C=O) groups excluding carboxylic acids is 2. The lowest BCUT2D eigenvalue weighted by Gasteiger charge is -2.30. The molecule has 2 aromatic heterocycles. The van der Waals surface area contributed by atoms with Gasteiger partial charge in [0, 0.05) is 19.3 Å². The lowest BCUT2D eigenvalue weighted by atomic mass is 9.95. The van der Waals surface area contributed by atoms with Crippen LogP contribution >= 0.6 is 0 Å². The molecule has 1 fully saturated rings. The molecule has 1 aliphatic heterocycles. The molecule has 3 rings (SSSR count). The van der Waals surface area contributed by atoms with E-state index in [0.29, 0.717) is 24.0 Å². The lowest BCUT2D eigenvalue weighted by Crippen LogP contribution is -2.44. The highest BCUT2D eigenvalue weighted by Crippen LogP contribution is 2.40. The normalized spacial score (nSPS) is 21.5. The molecular weight excluding hydrogens is 522 g/mol. The first-order valence-corrected chi connectivity index (χ1v) is 15.9. The minimum Gasteiger partial charge on any atom is -0.390 e. The van der Waals surface area contributed by atoms with Crippen LogP contribution in [0.1, 0.15) is 129 Å². The summed E-state index contributed by atoms with van der Waals surface area (Å²) in [6.07, 6.45) is 16.1. The Morgan fingerprint density at radius 3 is 2.12 bits per heavy atom. The topological polar surface area (TPSA) is 153 Å². The van der Waals surface area contributed by atoms with E-state index in [-0.39, 0.29) is 30.9 Å². The van der Waals surface area contributed by atoms with Gasteiger partial charge in [-0.05, 0) is 12.8 Å². The molecule has 0 spiro atoms. The number of nitrogen functional groups attached to an aromatic ring is 1. The first-order chi connectivity index (χ1) is 19.9. The summed E-state index contributed by atoms with van der Waals surface area (Å²) in [5.41, 5.74) is 4.95. The molecule has 1 unspecified atom stereocenters. The number of nitrogens with two attached hydrogens (primary N) is 1. The molecule has 0 aromatic carbocycles. The van der Waals surface area contributed by atoms with Crippen molar-refractivity contribution in [2.24, 2.45) is 0 Å². The van der Waals surface area contributed by atoms with Crippen LogP contribution < -0.4 is 5.73 Å². The molecule has 0 aliphatic carbocycles. The van der Waals surface area contributed by atoms with E-state index in [1.165, 1.54) is 75.0 Å². The predicted octanol–water partition coefficient (Wildman–Crippen LogP) is 5.38. The summed E-state index contributed by atoms with van der Waals surface area (Å²) in [6.45, 7) is 4.20. The third-order valence-corrected chi connectivity index (χ3v) is 8.31. The van der Waals surface area contributed by atoms with E-state index < -0.39 is 29.8 Å². The Morgan fingerprint density at radius 2 is 1.51 bits per heavy atom. The molecule has 10 nitrogen and oxygen atoms in total. The summed E-state index contributed by atoms with van der Waals surface area (Å²) >= 11 is 0. The second-order valence-corrected chi connectivity index (χ2v) is 11.6. The zero-order valence-electron chi connectivity index (χ0n) is 25.1. The minimum absolute atomic E-state index is 0.123. The zero-order chi connectivity index (χ0) is 29.7.